The zero-order chi connectivity index (χ0) is 20.0. The molecule has 146 valence electrons. The van der Waals surface area contributed by atoms with Crippen LogP contribution in [0.1, 0.15) is 38.3 Å². The largest absolute Gasteiger partial charge is 0.492 e. The molecule has 2 rings (SSSR count). The Bertz CT molecular complexity index is 800. The lowest BCUT2D eigenvalue weighted by Gasteiger charge is -2.20. The third-order valence-corrected chi connectivity index (χ3v) is 4.74. The maximum atomic E-state index is 11.9. The van der Waals surface area contributed by atoms with Gasteiger partial charge in [-0.1, -0.05) is 32.9 Å². The Labute approximate surface area is 169 Å². The molecule has 0 saturated carbocycles. The molecule has 0 aliphatic heterocycles. The minimum Gasteiger partial charge on any atom is -0.492 e. The van der Waals surface area contributed by atoms with Gasteiger partial charge in [-0.05, 0) is 70.1 Å². The fourth-order valence-electron chi connectivity index (χ4n) is 2.50. The monoisotopic (exact) mass is 433 g/mol. The van der Waals surface area contributed by atoms with Crippen LogP contribution in [-0.2, 0) is 5.41 Å². The van der Waals surface area contributed by atoms with E-state index in [4.69, 9.17) is 10.5 Å². The third-order valence-electron chi connectivity index (χ3n) is 4.12. The topological polar surface area (TPSA) is 76.4 Å². The van der Waals surface area contributed by atoms with E-state index >= 15 is 0 Å². The van der Waals surface area contributed by atoms with E-state index in [2.05, 4.69) is 59.5 Å². The van der Waals surface area contributed by atoms with Crippen molar-refractivity contribution < 1.29 is 9.53 Å². The summed E-state index contributed by atoms with van der Waals surface area (Å²) in [5.41, 5.74) is 9.45. The molecule has 4 N–H and O–H groups in total. The molecule has 0 saturated heterocycles. The molecule has 2 aromatic rings. The molecule has 0 radical (unpaired) electrons. The number of carbonyl (C=O) groups excluding carboxylic acids is 1. The summed E-state index contributed by atoms with van der Waals surface area (Å²) in [5, 5.41) is 5.56. The molecule has 0 fully saturated rings. The minimum atomic E-state index is -0.277. The fraction of sp³-hybridized carbons (Fsp3) is 0.381. The number of nitrogens with one attached hydrogen (secondary N) is 2. The van der Waals surface area contributed by atoms with Crippen LogP contribution in [0.4, 0.5) is 16.2 Å². The number of hydrogen-bond donors (Lipinski definition) is 3. The molecule has 2 amide bonds. The van der Waals surface area contributed by atoms with E-state index < -0.39 is 0 Å². The average molecular weight is 434 g/mol. The maximum absolute atomic E-state index is 11.9. The number of benzene rings is 2. The minimum absolute atomic E-state index is 0.0964. The van der Waals surface area contributed by atoms with Crippen molar-refractivity contribution in [2.75, 3.05) is 24.2 Å². The van der Waals surface area contributed by atoms with E-state index in [1.165, 1.54) is 5.56 Å². The van der Waals surface area contributed by atoms with Gasteiger partial charge < -0.3 is 21.1 Å². The standard InChI is InChI=1S/C21H28BrN3O2/c1-14-6-8-18(17(23)12-14)25-20(26)24-10-5-11-27-19-9-7-15(13-16(19)22)21(2,3)4/h6-9,12-13H,5,10-11,23H2,1-4H3,(H2,24,25,26). The Morgan fingerprint density at radius 3 is 2.56 bits per heavy atom. The van der Waals surface area contributed by atoms with Crippen molar-refractivity contribution >= 4 is 33.3 Å². The van der Waals surface area contributed by atoms with Crippen molar-refractivity contribution in [3.05, 3.63) is 52.0 Å². The normalized spacial score (nSPS) is 11.1. The van der Waals surface area contributed by atoms with Crippen molar-refractivity contribution in [1.29, 1.82) is 0 Å². The number of anilines is 2. The van der Waals surface area contributed by atoms with E-state index in [0.29, 0.717) is 30.9 Å². The summed E-state index contributed by atoms with van der Waals surface area (Å²) in [6.45, 7) is 9.51. The number of rotatable bonds is 6. The van der Waals surface area contributed by atoms with E-state index in [1.54, 1.807) is 6.07 Å². The Morgan fingerprint density at radius 2 is 1.93 bits per heavy atom. The van der Waals surface area contributed by atoms with E-state index in [0.717, 1.165) is 15.8 Å². The first-order valence-electron chi connectivity index (χ1n) is 9.00. The van der Waals surface area contributed by atoms with Gasteiger partial charge in [-0.15, -0.1) is 0 Å². The molecule has 2 aromatic carbocycles. The highest BCUT2D eigenvalue weighted by molar-refractivity contribution is 9.10. The van der Waals surface area contributed by atoms with E-state index in [-0.39, 0.29) is 11.4 Å². The molecular formula is C21H28BrN3O2. The van der Waals surface area contributed by atoms with Gasteiger partial charge >= 0.3 is 6.03 Å². The van der Waals surface area contributed by atoms with Crippen LogP contribution in [0.2, 0.25) is 0 Å². The van der Waals surface area contributed by atoms with Crippen LogP contribution in [0.15, 0.2) is 40.9 Å². The molecule has 0 aromatic heterocycles. The molecule has 6 heteroatoms. The zero-order valence-electron chi connectivity index (χ0n) is 16.4. The number of aryl methyl sites for hydroxylation is 1. The molecule has 0 spiro atoms. The van der Waals surface area contributed by atoms with Crippen LogP contribution < -0.4 is 21.1 Å². The second kappa shape index (κ2) is 9.13. The predicted octanol–water partition coefficient (Wildman–Crippen LogP) is 5.23. The van der Waals surface area contributed by atoms with Crippen molar-refractivity contribution in [2.24, 2.45) is 0 Å². The molecule has 0 aliphatic rings. The smallest absolute Gasteiger partial charge is 0.319 e. The highest BCUT2D eigenvalue weighted by Gasteiger charge is 2.15. The summed E-state index contributed by atoms with van der Waals surface area (Å²) >= 11 is 3.56. The summed E-state index contributed by atoms with van der Waals surface area (Å²) in [6, 6.07) is 11.4. The molecule has 0 heterocycles. The molecule has 27 heavy (non-hydrogen) atoms. The Hall–Kier alpha value is -2.21. The number of nitrogens with two attached hydrogens (primary N) is 1. The van der Waals surface area contributed by atoms with Crippen molar-refractivity contribution in [3.8, 4) is 5.75 Å². The van der Waals surface area contributed by atoms with Gasteiger partial charge in [0.05, 0.1) is 22.5 Å². The Morgan fingerprint density at radius 1 is 1.19 bits per heavy atom. The summed E-state index contributed by atoms with van der Waals surface area (Å²) in [5.74, 6) is 0.805. The van der Waals surface area contributed by atoms with Gasteiger partial charge in [0.1, 0.15) is 5.75 Å². The molecular weight excluding hydrogens is 406 g/mol. The third kappa shape index (κ3) is 6.47. The number of hydrogen-bond acceptors (Lipinski definition) is 3. The first-order chi connectivity index (χ1) is 12.7. The van der Waals surface area contributed by atoms with Gasteiger partial charge in [-0.2, -0.15) is 0 Å². The first-order valence-corrected chi connectivity index (χ1v) is 9.80. The number of carbonyl (C=O) groups is 1. The van der Waals surface area contributed by atoms with Crippen LogP contribution in [0.25, 0.3) is 0 Å². The molecule has 0 atom stereocenters. The molecule has 0 bridgehead atoms. The number of halogens is 1. The second-order valence-corrected chi connectivity index (χ2v) is 8.42. The van der Waals surface area contributed by atoms with Crippen molar-refractivity contribution in [2.45, 2.75) is 39.5 Å². The molecule has 0 unspecified atom stereocenters. The highest BCUT2D eigenvalue weighted by atomic mass is 79.9. The van der Waals surface area contributed by atoms with Gasteiger partial charge in [0.2, 0.25) is 0 Å². The van der Waals surface area contributed by atoms with Crippen LogP contribution in [0.3, 0.4) is 0 Å². The molecule has 5 nitrogen and oxygen atoms in total. The Kier molecular flexibility index (Phi) is 7.13. The number of urea groups is 1. The number of amides is 2. The van der Waals surface area contributed by atoms with Gasteiger partial charge in [-0.3, -0.25) is 0 Å². The quantitative estimate of drug-likeness (QED) is 0.431. The van der Waals surface area contributed by atoms with Crippen molar-refractivity contribution in [3.63, 3.8) is 0 Å². The van der Waals surface area contributed by atoms with E-state index in [1.807, 2.05) is 25.1 Å². The van der Waals surface area contributed by atoms with Crippen LogP contribution in [0, 0.1) is 6.92 Å². The summed E-state index contributed by atoms with van der Waals surface area (Å²) in [4.78, 5) is 11.9. The van der Waals surface area contributed by atoms with Gasteiger partial charge in [0.15, 0.2) is 0 Å². The lowest BCUT2D eigenvalue weighted by Crippen LogP contribution is -2.30. The van der Waals surface area contributed by atoms with E-state index in [9.17, 15) is 4.79 Å². The maximum Gasteiger partial charge on any atom is 0.319 e. The summed E-state index contributed by atoms with van der Waals surface area (Å²) < 4.78 is 6.74. The zero-order valence-corrected chi connectivity index (χ0v) is 17.9. The van der Waals surface area contributed by atoms with Crippen LogP contribution in [0.5, 0.6) is 5.75 Å². The highest BCUT2D eigenvalue weighted by Crippen LogP contribution is 2.31. The lowest BCUT2D eigenvalue weighted by atomic mass is 9.87. The fourth-order valence-corrected chi connectivity index (χ4v) is 3.00. The number of ether oxygens (including phenoxy) is 1. The van der Waals surface area contributed by atoms with Gasteiger partial charge in [-0.25, -0.2) is 4.79 Å². The molecule has 0 aliphatic carbocycles. The first kappa shape index (κ1) is 21.1. The van der Waals surface area contributed by atoms with Gasteiger partial charge in [0.25, 0.3) is 0 Å². The number of nitrogen functional groups attached to an aromatic ring is 1. The summed E-state index contributed by atoms with van der Waals surface area (Å²) in [7, 11) is 0. The average Bonchev–Trinajstić information content (AvgIpc) is 2.57. The lowest BCUT2D eigenvalue weighted by molar-refractivity contribution is 0.250. The van der Waals surface area contributed by atoms with Gasteiger partial charge in [0, 0.05) is 6.54 Å². The summed E-state index contributed by atoms with van der Waals surface area (Å²) in [6.07, 6.45) is 0.699. The van der Waals surface area contributed by atoms with Crippen LogP contribution in [-0.4, -0.2) is 19.2 Å². The van der Waals surface area contributed by atoms with Crippen LogP contribution >= 0.6 is 15.9 Å². The predicted molar refractivity (Wildman–Crippen MR) is 116 cm³/mol. The van der Waals surface area contributed by atoms with Crippen molar-refractivity contribution in [1.82, 2.24) is 5.32 Å². The second-order valence-electron chi connectivity index (χ2n) is 7.57. The SMILES string of the molecule is Cc1ccc(NC(=O)NCCCOc2ccc(C(C)(C)C)cc2Br)c(N)c1. The Balaban J connectivity index is 1.73.